The van der Waals surface area contributed by atoms with Gasteiger partial charge in [-0.15, -0.1) is 23.2 Å². The van der Waals surface area contributed by atoms with Crippen molar-refractivity contribution in [1.82, 2.24) is 0 Å². The fourth-order valence-electron chi connectivity index (χ4n) is 1.20. The smallest absolute Gasteiger partial charge is 0.0781 e. The first-order chi connectivity index (χ1) is 8.70. The Morgan fingerprint density at radius 2 is 1.11 bits per heavy atom. The summed E-state index contributed by atoms with van der Waals surface area (Å²) in [5.41, 5.74) is 0. The molecule has 0 aromatic rings. The quantitative estimate of drug-likeness (QED) is 0.386. The largest absolute Gasteiger partial charge is 0.376 e. The Kier molecular flexibility index (Phi) is 14.2. The third kappa shape index (κ3) is 12.9. The maximum absolute atomic E-state index is 5.51. The zero-order chi connectivity index (χ0) is 13.6. The molecule has 0 aliphatic heterocycles. The second-order valence-corrected chi connectivity index (χ2v) is 4.65. The van der Waals surface area contributed by atoms with Crippen LogP contribution in [0.5, 0.6) is 0 Å². The van der Waals surface area contributed by atoms with Gasteiger partial charge in [0.05, 0.1) is 51.8 Å². The van der Waals surface area contributed by atoms with Crippen molar-refractivity contribution in [3.05, 3.63) is 0 Å². The predicted octanol–water partition coefficient (Wildman–Crippen LogP) is 2.31. The molecule has 0 aromatic heterocycles. The van der Waals surface area contributed by atoms with E-state index in [1.54, 1.807) is 0 Å². The molecule has 0 spiro atoms. The summed E-state index contributed by atoms with van der Waals surface area (Å²) in [7, 11) is 0. The summed E-state index contributed by atoms with van der Waals surface area (Å²) in [6, 6.07) is 0. The fraction of sp³-hybridized carbons (Fsp3) is 1.00. The minimum atomic E-state index is 0.0646. The highest BCUT2D eigenvalue weighted by atomic mass is 35.5. The van der Waals surface area contributed by atoms with E-state index in [4.69, 9.17) is 42.1 Å². The lowest BCUT2D eigenvalue weighted by Crippen LogP contribution is -2.21. The van der Waals surface area contributed by atoms with E-state index >= 15 is 0 Å². The van der Waals surface area contributed by atoms with Crippen molar-refractivity contribution >= 4 is 23.2 Å². The Morgan fingerprint density at radius 3 is 1.44 bits per heavy atom. The van der Waals surface area contributed by atoms with Gasteiger partial charge in [0.1, 0.15) is 0 Å². The van der Waals surface area contributed by atoms with Crippen molar-refractivity contribution < 1.29 is 18.9 Å². The SMILES string of the molecule is CC(COCCOCC(C)OCCCl)OCCCl. The lowest BCUT2D eigenvalue weighted by Gasteiger charge is -2.14. The van der Waals surface area contributed by atoms with Crippen LogP contribution < -0.4 is 0 Å². The van der Waals surface area contributed by atoms with Gasteiger partial charge in [-0.2, -0.15) is 0 Å². The van der Waals surface area contributed by atoms with Crippen LogP contribution in [0.3, 0.4) is 0 Å². The van der Waals surface area contributed by atoms with E-state index < -0.39 is 0 Å². The summed E-state index contributed by atoms with van der Waals surface area (Å²) < 4.78 is 21.5. The second kappa shape index (κ2) is 13.8. The lowest BCUT2D eigenvalue weighted by atomic mass is 10.4. The van der Waals surface area contributed by atoms with Crippen LogP contribution >= 0.6 is 23.2 Å². The summed E-state index contributed by atoms with van der Waals surface area (Å²) in [5, 5.41) is 0. The number of hydrogen-bond acceptors (Lipinski definition) is 4. The van der Waals surface area contributed by atoms with Crippen LogP contribution in [-0.4, -0.2) is 63.6 Å². The summed E-state index contributed by atoms with van der Waals surface area (Å²) in [6.45, 7) is 7.23. The number of alkyl halides is 2. The Hall–Kier alpha value is 0.420. The highest BCUT2D eigenvalue weighted by Gasteiger charge is 2.03. The molecule has 0 rings (SSSR count). The molecule has 0 heterocycles. The van der Waals surface area contributed by atoms with Crippen LogP contribution in [0.4, 0.5) is 0 Å². The number of hydrogen-bond donors (Lipinski definition) is 0. The molecule has 0 fully saturated rings. The molecular weight excluding hydrogens is 279 g/mol. The number of halogens is 2. The normalized spacial score (nSPS) is 14.7. The van der Waals surface area contributed by atoms with Crippen molar-refractivity contribution in [2.45, 2.75) is 26.1 Å². The van der Waals surface area contributed by atoms with Gasteiger partial charge in [-0.25, -0.2) is 0 Å². The summed E-state index contributed by atoms with van der Waals surface area (Å²) >= 11 is 11.0. The van der Waals surface area contributed by atoms with Gasteiger partial charge in [0, 0.05) is 11.8 Å². The maximum Gasteiger partial charge on any atom is 0.0781 e. The monoisotopic (exact) mass is 302 g/mol. The molecule has 0 N–H and O–H groups in total. The molecular formula is C12H24Cl2O4. The predicted molar refractivity (Wildman–Crippen MR) is 73.9 cm³/mol. The molecule has 0 bridgehead atoms. The molecule has 0 saturated carbocycles. The van der Waals surface area contributed by atoms with Crippen LogP contribution in [0.25, 0.3) is 0 Å². The van der Waals surface area contributed by atoms with Gasteiger partial charge in [0.25, 0.3) is 0 Å². The first-order valence-electron chi connectivity index (χ1n) is 6.21. The van der Waals surface area contributed by atoms with Gasteiger partial charge in [-0.05, 0) is 13.8 Å². The Balaban J connectivity index is 3.19. The molecule has 0 aliphatic carbocycles. The Morgan fingerprint density at radius 1 is 0.722 bits per heavy atom. The van der Waals surface area contributed by atoms with Crippen molar-refractivity contribution in [2.24, 2.45) is 0 Å². The fourth-order valence-corrected chi connectivity index (χ4v) is 1.38. The summed E-state index contributed by atoms with van der Waals surface area (Å²) in [6.07, 6.45) is 0.129. The van der Waals surface area contributed by atoms with E-state index in [0.29, 0.717) is 51.4 Å². The molecule has 0 amide bonds. The van der Waals surface area contributed by atoms with Crippen molar-refractivity contribution in [2.75, 3.05) is 51.4 Å². The van der Waals surface area contributed by atoms with Crippen LogP contribution in [-0.2, 0) is 18.9 Å². The molecule has 2 unspecified atom stereocenters. The van der Waals surface area contributed by atoms with E-state index in [0.717, 1.165) is 0 Å². The average Bonchev–Trinajstić information content (AvgIpc) is 2.37. The Labute approximate surface area is 120 Å². The number of ether oxygens (including phenoxy) is 4. The minimum Gasteiger partial charge on any atom is -0.376 e. The van der Waals surface area contributed by atoms with E-state index in [-0.39, 0.29) is 12.2 Å². The standard InChI is InChI=1S/C12H24Cl2O4/c1-11(17-5-3-13)9-15-7-8-16-10-12(2)18-6-4-14/h11-12H,3-10H2,1-2H3. The van der Waals surface area contributed by atoms with Crippen LogP contribution in [0, 0.1) is 0 Å². The molecule has 0 radical (unpaired) electrons. The topological polar surface area (TPSA) is 36.9 Å². The first kappa shape index (κ1) is 18.4. The minimum absolute atomic E-state index is 0.0646. The third-order valence-corrected chi connectivity index (χ3v) is 2.34. The molecule has 4 nitrogen and oxygen atoms in total. The van der Waals surface area contributed by atoms with Gasteiger partial charge >= 0.3 is 0 Å². The van der Waals surface area contributed by atoms with E-state index in [1.807, 2.05) is 13.8 Å². The van der Waals surface area contributed by atoms with Crippen molar-refractivity contribution in [1.29, 1.82) is 0 Å². The second-order valence-electron chi connectivity index (χ2n) is 3.89. The molecule has 0 aromatic carbocycles. The van der Waals surface area contributed by atoms with Crippen molar-refractivity contribution in [3.63, 3.8) is 0 Å². The van der Waals surface area contributed by atoms with Gasteiger partial charge in [0.2, 0.25) is 0 Å². The van der Waals surface area contributed by atoms with Crippen LogP contribution in [0.1, 0.15) is 13.8 Å². The highest BCUT2D eigenvalue weighted by molar-refractivity contribution is 6.18. The maximum atomic E-state index is 5.51. The van der Waals surface area contributed by atoms with Gasteiger partial charge < -0.3 is 18.9 Å². The highest BCUT2D eigenvalue weighted by Crippen LogP contribution is 1.95. The zero-order valence-electron chi connectivity index (χ0n) is 11.2. The van der Waals surface area contributed by atoms with E-state index in [2.05, 4.69) is 0 Å². The first-order valence-corrected chi connectivity index (χ1v) is 7.28. The van der Waals surface area contributed by atoms with Gasteiger partial charge in [-0.3, -0.25) is 0 Å². The summed E-state index contributed by atoms with van der Waals surface area (Å²) in [4.78, 5) is 0. The molecule has 0 saturated heterocycles. The van der Waals surface area contributed by atoms with Gasteiger partial charge in [-0.1, -0.05) is 0 Å². The van der Waals surface area contributed by atoms with Crippen LogP contribution in [0.2, 0.25) is 0 Å². The summed E-state index contributed by atoms with van der Waals surface area (Å²) in [5.74, 6) is 1.02. The molecule has 6 heteroatoms. The lowest BCUT2D eigenvalue weighted by molar-refractivity contribution is -0.0393. The number of rotatable bonds is 13. The molecule has 0 aliphatic rings. The Bertz CT molecular complexity index is 154. The third-order valence-electron chi connectivity index (χ3n) is 2.04. The molecule has 110 valence electrons. The van der Waals surface area contributed by atoms with E-state index in [9.17, 15) is 0 Å². The average molecular weight is 303 g/mol. The van der Waals surface area contributed by atoms with Gasteiger partial charge in [0.15, 0.2) is 0 Å². The molecule has 2 atom stereocenters. The van der Waals surface area contributed by atoms with Crippen molar-refractivity contribution in [3.8, 4) is 0 Å². The van der Waals surface area contributed by atoms with E-state index in [1.165, 1.54) is 0 Å². The zero-order valence-corrected chi connectivity index (χ0v) is 12.7. The molecule has 18 heavy (non-hydrogen) atoms. The van der Waals surface area contributed by atoms with Crippen LogP contribution in [0.15, 0.2) is 0 Å².